The van der Waals surface area contributed by atoms with Crippen LogP contribution in [0, 0.1) is 18.2 Å². The maximum Gasteiger partial charge on any atom is 0.319 e. The van der Waals surface area contributed by atoms with Gasteiger partial charge in [0.25, 0.3) is 6.43 Å². The fourth-order valence-corrected chi connectivity index (χ4v) is 7.78. The first-order chi connectivity index (χ1) is 22.6. The number of piperazine rings is 1. The number of ether oxygens (including phenoxy) is 1. The Morgan fingerprint density at radius 1 is 1.17 bits per heavy atom. The highest BCUT2D eigenvalue weighted by Gasteiger charge is 2.49. The van der Waals surface area contributed by atoms with E-state index in [1.54, 1.807) is 0 Å². The number of aromatic hydroxyl groups is 1. The minimum absolute atomic E-state index is 0.0540. The standard InChI is InChI=1S/C35H36F4N6O2/c1-4-22-18-44(12-11-43(22)3)33-26-16-40-30(25-14-23(46)13-20-7-8-27(37)24(5-2)28(20)25)29(32(38)39)31(26)41-34(42-33)47-19-35-9-6-10-45(35)17-21(36)15-35/h2,7-8,13-14,16,21-22,32,46H,4,6,9-12,15,17-19H2,1,3H3/t21-,22?,35+/m0/s1. The fourth-order valence-electron chi connectivity index (χ4n) is 7.78. The molecule has 0 bridgehead atoms. The zero-order chi connectivity index (χ0) is 33.0. The van der Waals surface area contributed by atoms with E-state index >= 15 is 8.78 Å². The van der Waals surface area contributed by atoms with Crippen LogP contribution in [-0.4, -0.2) is 94.0 Å². The number of fused-ring (bicyclic) bond motifs is 3. The Labute approximate surface area is 270 Å². The molecule has 3 aliphatic rings. The van der Waals surface area contributed by atoms with E-state index in [2.05, 4.69) is 39.7 Å². The van der Waals surface area contributed by atoms with E-state index in [9.17, 15) is 13.9 Å². The summed E-state index contributed by atoms with van der Waals surface area (Å²) >= 11 is 0. The third kappa shape index (κ3) is 5.39. The summed E-state index contributed by atoms with van der Waals surface area (Å²) in [6.45, 7) is 5.27. The summed E-state index contributed by atoms with van der Waals surface area (Å²) in [5, 5.41) is 11.5. The number of terminal acetylenes is 1. The third-order valence-electron chi connectivity index (χ3n) is 10.2. The van der Waals surface area contributed by atoms with Gasteiger partial charge in [0.15, 0.2) is 0 Å². The zero-order valence-electron chi connectivity index (χ0n) is 26.3. The predicted molar refractivity (Wildman–Crippen MR) is 172 cm³/mol. The first-order valence-electron chi connectivity index (χ1n) is 16.0. The van der Waals surface area contributed by atoms with E-state index in [1.807, 2.05) is 4.90 Å². The lowest BCUT2D eigenvalue weighted by molar-refractivity contribution is 0.107. The summed E-state index contributed by atoms with van der Waals surface area (Å²) < 4.78 is 66.3. The number of nitrogens with zero attached hydrogens (tertiary/aromatic N) is 6. The van der Waals surface area contributed by atoms with Crippen LogP contribution in [0.4, 0.5) is 23.4 Å². The van der Waals surface area contributed by atoms with Gasteiger partial charge < -0.3 is 14.7 Å². The van der Waals surface area contributed by atoms with Crippen molar-refractivity contribution >= 4 is 27.5 Å². The number of pyridine rings is 1. The lowest BCUT2D eigenvalue weighted by Crippen LogP contribution is -2.51. The number of phenolic OH excluding ortho intramolecular Hbond substituents is 1. The smallest absolute Gasteiger partial charge is 0.319 e. The lowest BCUT2D eigenvalue weighted by Gasteiger charge is -2.40. The number of likely N-dealkylation sites (N-methyl/N-ethyl adjacent to an activating group) is 1. The average molecular weight is 649 g/mol. The molecule has 3 fully saturated rings. The second-order valence-electron chi connectivity index (χ2n) is 12.9. The number of hydrogen-bond acceptors (Lipinski definition) is 8. The highest BCUT2D eigenvalue weighted by Crippen LogP contribution is 2.44. The van der Waals surface area contributed by atoms with Crippen LogP contribution < -0.4 is 9.64 Å². The monoisotopic (exact) mass is 648 g/mol. The SMILES string of the molecule is C#Cc1c(F)ccc2cc(O)cc(-c3ncc4c(N5CCN(C)C(CC)C5)nc(OC[C@]56CCCN5C[C@@H](F)C6)nc4c3C(F)F)c12. The number of benzene rings is 2. The van der Waals surface area contributed by atoms with Crippen molar-refractivity contribution in [2.45, 2.75) is 56.8 Å². The van der Waals surface area contributed by atoms with E-state index in [-0.39, 0.29) is 52.1 Å². The molecule has 3 aliphatic heterocycles. The van der Waals surface area contributed by atoms with Gasteiger partial charge in [-0.1, -0.05) is 18.9 Å². The molecule has 2 aromatic carbocycles. The van der Waals surface area contributed by atoms with Crippen molar-refractivity contribution in [2.24, 2.45) is 0 Å². The highest BCUT2D eigenvalue weighted by molar-refractivity contribution is 6.04. The van der Waals surface area contributed by atoms with Crippen LogP contribution >= 0.6 is 0 Å². The summed E-state index contributed by atoms with van der Waals surface area (Å²) in [4.78, 5) is 20.3. The Morgan fingerprint density at radius 2 is 2.00 bits per heavy atom. The summed E-state index contributed by atoms with van der Waals surface area (Å²) in [5.74, 6) is 1.84. The third-order valence-corrected chi connectivity index (χ3v) is 10.2. The molecule has 2 aromatic heterocycles. The molecule has 12 heteroatoms. The van der Waals surface area contributed by atoms with Crippen LogP contribution in [0.15, 0.2) is 30.5 Å². The van der Waals surface area contributed by atoms with E-state index in [4.69, 9.17) is 16.1 Å². The Balaban J connectivity index is 1.43. The molecule has 3 atom stereocenters. The quantitative estimate of drug-likeness (QED) is 0.191. The summed E-state index contributed by atoms with van der Waals surface area (Å²) in [5.41, 5.74) is -1.34. The molecule has 5 heterocycles. The van der Waals surface area contributed by atoms with Crippen LogP contribution in [0.25, 0.3) is 32.9 Å². The molecule has 4 aromatic rings. The average Bonchev–Trinajstić information content (AvgIpc) is 3.58. The number of aromatic nitrogens is 3. The molecule has 7 rings (SSSR count). The summed E-state index contributed by atoms with van der Waals surface area (Å²) in [6, 6.07) is 5.38. The number of anilines is 1. The van der Waals surface area contributed by atoms with Crippen LogP contribution in [0.2, 0.25) is 0 Å². The molecule has 3 saturated heterocycles. The van der Waals surface area contributed by atoms with Crippen molar-refractivity contribution in [3.8, 4) is 35.4 Å². The van der Waals surface area contributed by atoms with E-state index < -0.39 is 29.5 Å². The Morgan fingerprint density at radius 3 is 2.77 bits per heavy atom. The van der Waals surface area contributed by atoms with Crippen LogP contribution in [0.5, 0.6) is 11.8 Å². The molecule has 0 radical (unpaired) electrons. The first-order valence-corrected chi connectivity index (χ1v) is 16.0. The van der Waals surface area contributed by atoms with Crippen LogP contribution in [-0.2, 0) is 0 Å². The summed E-state index contributed by atoms with van der Waals surface area (Å²) in [6.07, 6.45) is 5.99. The molecule has 0 spiro atoms. The van der Waals surface area contributed by atoms with Crippen molar-refractivity contribution < 1.29 is 27.4 Å². The largest absolute Gasteiger partial charge is 0.508 e. The second-order valence-corrected chi connectivity index (χ2v) is 12.9. The molecule has 246 valence electrons. The minimum atomic E-state index is -3.07. The molecular formula is C35H36F4N6O2. The van der Waals surface area contributed by atoms with Gasteiger partial charge in [-0.2, -0.15) is 9.97 Å². The van der Waals surface area contributed by atoms with Crippen molar-refractivity contribution in [2.75, 3.05) is 51.3 Å². The van der Waals surface area contributed by atoms with E-state index in [0.29, 0.717) is 42.6 Å². The van der Waals surface area contributed by atoms with Crippen LogP contribution in [0.1, 0.15) is 50.2 Å². The van der Waals surface area contributed by atoms with Gasteiger partial charge in [-0.3, -0.25) is 14.8 Å². The van der Waals surface area contributed by atoms with Crippen LogP contribution in [0.3, 0.4) is 0 Å². The Bertz CT molecular complexity index is 1900. The maximum absolute atomic E-state index is 15.3. The van der Waals surface area contributed by atoms with Crippen molar-refractivity contribution in [1.82, 2.24) is 24.8 Å². The van der Waals surface area contributed by atoms with Gasteiger partial charge in [-0.05, 0) is 56.4 Å². The molecule has 47 heavy (non-hydrogen) atoms. The Hall–Kier alpha value is -4.21. The van der Waals surface area contributed by atoms with Gasteiger partial charge in [-0.15, -0.1) is 6.42 Å². The number of phenols is 1. The predicted octanol–water partition coefficient (Wildman–Crippen LogP) is 6.09. The number of halogens is 4. The van der Waals surface area contributed by atoms with Crippen molar-refractivity contribution in [1.29, 1.82) is 0 Å². The minimum Gasteiger partial charge on any atom is -0.508 e. The fraction of sp³-hybridized carbons (Fsp3) is 0.457. The molecular weight excluding hydrogens is 612 g/mol. The Kier molecular flexibility index (Phi) is 8.09. The van der Waals surface area contributed by atoms with E-state index in [1.165, 1.54) is 30.5 Å². The van der Waals surface area contributed by atoms with Gasteiger partial charge in [0, 0.05) is 55.8 Å². The number of alkyl halides is 3. The molecule has 8 nitrogen and oxygen atoms in total. The zero-order valence-corrected chi connectivity index (χ0v) is 26.3. The highest BCUT2D eigenvalue weighted by atomic mass is 19.3. The normalized spacial score (nSPS) is 23.6. The maximum atomic E-state index is 15.3. The lowest BCUT2D eigenvalue weighted by atomic mass is 9.93. The van der Waals surface area contributed by atoms with Crippen molar-refractivity contribution in [3.05, 3.63) is 47.4 Å². The van der Waals surface area contributed by atoms with Gasteiger partial charge in [0.1, 0.15) is 30.2 Å². The summed E-state index contributed by atoms with van der Waals surface area (Å²) in [7, 11) is 2.06. The molecule has 1 unspecified atom stereocenters. The van der Waals surface area contributed by atoms with Gasteiger partial charge in [0.2, 0.25) is 0 Å². The molecule has 0 aliphatic carbocycles. The first kappa shape index (κ1) is 31.4. The van der Waals surface area contributed by atoms with Crippen molar-refractivity contribution in [3.63, 3.8) is 0 Å². The van der Waals surface area contributed by atoms with Gasteiger partial charge in [-0.25, -0.2) is 17.6 Å². The molecule has 0 saturated carbocycles. The van der Waals surface area contributed by atoms with E-state index in [0.717, 1.165) is 32.4 Å². The second kappa shape index (κ2) is 12.1. The van der Waals surface area contributed by atoms with Gasteiger partial charge >= 0.3 is 6.01 Å². The number of hydrogen-bond donors (Lipinski definition) is 1. The topological polar surface area (TPSA) is 77.9 Å². The molecule has 1 N–H and O–H groups in total. The number of rotatable bonds is 7. The van der Waals surface area contributed by atoms with Gasteiger partial charge in [0.05, 0.1) is 33.3 Å². The molecule has 0 amide bonds.